The Labute approximate surface area is 154 Å². The van der Waals surface area contributed by atoms with Crippen molar-refractivity contribution in [2.45, 2.75) is 29.2 Å². The zero-order valence-corrected chi connectivity index (χ0v) is 14.6. The van der Waals surface area contributed by atoms with Crippen LogP contribution in [0.4, 0.5) is 10.1 Å². The molecule has 0 spiro atoms. The normalized spacial score (nSPS) is 14.8. The largest absolute Gasteiger partial charge is 0.416 e. The van der Waals surface area contributed by atoms with Crippen LogP contribution in [-0.4, -0.2) is 16.1 Å². The van der Waals surface area contributed by atoms with Crippen molar-refractivity contribution in [2.24, 2.45) is 0 Å². The molecule has 7 heteroatoms. The summed E-state index contributed by atoms with van der Waals surface area (Å²) < 4.78 is 18.8. The lowest BCUT2D eigenvalue weighted by Gasteiger charge is -2.15. The number of nitrogens with zero attached hydrogens (tertiary/aromatic N) is 2. The Bertz CT molecular complexity index is 895. The number of anilines is 1. The number of benzene rings is 2. The molecule has 2 aromatic carbocycles. The van der Waals surface area contributed by atoms with Crippen molar-refractivity contribution in [2.75, 3.05) is 5.32 Å². The highest BCUT2D eigenvalue weighted by atomic mass is 32.2. The average Bonchev–Trinajstić information content (AvgIpc) is 3.41. The number of rotatable bonds is 6. The van der Waals surface area contributed by atoms with E-state index in [4.69, 9.17) is 4.42 Å². The highest BCUT2D eigenvalue weighted by Crippen LogP contribution is 2.42. The van der Waals surface area contributed by atoms with Crippen LogP contribution in [0.25, 0.3) is 0 Å². The first kappa shape index (κ1) is 16.8. The molecule has 0 bridgehead atoms. The molecule has 1 N–H and O–H groups in total. The van der Waals surface area contributed by atoms with E-state index in [-0.39, 0.29) is 11.7 Å². The van der Waals surface area contributed by atoms with Gasteiger partial charge in [-0.2, -0.15) is 0 Å². The van der Waals surface area contributed by atoms with Gasteiger partial charge in [-0.15, -0.1) is 10.2 Å². The van der Waals surface area contributed by atoms with Gasteiger partial charge in [0.05, 0.1) is 0 Å². The molecule has 1 saturated carbocycles. The number of hydrogen-bond acceptors (Lipinski definition) is 5. The Kier molecular flexibility index (Phi) is 4.71. The molecule has 0 saturated heterocycles. The SMILES string of the molecule is O=C(Nc1ccc(F)cc1)C(Sc1nnc(C2CC2)o1)c1ccccc1. The maximum Gasteiger partial charge on any atom is 0.277 e. The number of aromatic nitrogens is 2. The van der Waals surface area contributed by atoms with Crippen molar-refractivity contribution >= 4 is 23.4 Å². The Hall–Kier alpha value is -2.67. The third-order valence-corrected chi connectivity index (χ3v) is 5.11. The first-order valence-corrected chi connectivity index (χ1v) is 9.18. The van der Waals surface area contributed by atoms with E-state index in [0.717, 1.165) is 18.4 Å². The standard InChI is InChI=1S/C19H16FN3O2S/c20-14-8-10-15(11-9-14)21-17(24)16(12-4-2-1-3-5-12)26-19-23-22-18(25-19)13-6-7-13/h1-5,8-11,13,16H,6-7H2,(H,21,24). The number of amides is 1. The summed E-state index contributed by atoms with van der Waals surface area (Å²) in [7, 11) is 0. The smallest absolute Gasteiger partial charge is 0.277 e. The van der Waals surface area contributed by atoms with Gasteiger partial charge in [-0.25, -0.2) is 4.39 Å². The lowest BCUT2D eigenvalue weighted by atomic mass is 10.1. The molecule has 1 aliphatic carbocycles. The maximum absolute atomic E-state index is 13.1. The highest BCUT2D eigenvalue weighted by Gasteiger charge is 2.31. The predicted molar refractivity (Wildman–Crippen MR) is 96.3 cm³/mol. The lowest BCUT2D eigenvalue weighted by Crippen LogP contribution is -2.19. The first-order chi connectivity index (χ1) is 12.7. The molecule has 3 aromatic rings. The van der Waals surface area contributed by atoms with Gasteiger partial charge in [-0.3, -0.25) is 4.79 Å². The summed E-state index contributed by atoms with van der Waals surface area (Å²) in [5.74, 6) is 0.410. The van der Waals surface area contributed by atoms with Crippen LogP contribution in [0.15, 0.2) is 64.2 Å². The fraction of sp³-hybridized carbons (Fsp3) is 0.211. The highest BCUT2D eigenvalue weighted by molar-refractivity contribution is 8.00. The van der Waals surface area contributed by atoms with Gasteiger partial charge in [-0.1, -0.05) is 30.3 Å². The van der Waals surface area contributed by atoms with Crippen LogP contribution in [0.1, 0.15) is 35.5 Å². The van der Waals surface area contributed by atoms with E-state index in [9.17, 15) is 9.18 Å². The molecule has 1 atom stereocenters. The van der Waals surface area contributed by atoms with Crippen molar-refractivity contribution < 1.29 is 13.6 Å². The van der Waals surface area contributed by atoms with Crippen molar-refractivity contribution in [3.8, 4) is 0 Å². The van der Waals surface area contributed by atoms with Crippen LogP contribution in [0.2, 0.25) is 0 Å². The van der Waals surface area contributed by atoms with Gasteiger partial charge in [0, 0.05) is 11.6 Å². The van der Waals surface area contributed by atoms with Crippen molar-refractivity contribution in [3.05, 3.63) is 71.9 Å². The summed E-state index contributed by atoms with van der Waals surface area (Å²) in [5.41, 5.74) is 1.35. The average molecular weight is 369 g/mol. The molecular weight excluding hydrogens is 353 g/mol. The molecule has 4 rings (SSSR count). The summed E-state index contributed by atoms with van der Waals surface area (Å²) in [4.78, 5) is 12.8. The second kappa shape index (κ2) is 7.29. The van der Waals surface area contributed by atoms with E-state index in [0.29, 0.717) is 22.7 Å². The van der Waals surface area contributed by atoms with Crippen LogP contribution < -0.4 is 5.32 Å². The van der Waals surface area contributed by atoms with Crippen molar-refractivity contribution in [1.82, 2.24) is 10.2 Å². The molecule has 1 unspecified atom stereocenters. The molecule has 1 amide bonds. The summed E-state index contributed by atoms with van der Waals surface area (Å²) in [6, 6.07) is 15.0. The van der Waals surface area contributed by atoms with Crippen LogP contribution >= 0.6 is 11.8 Å². The number of hydrogen-bond donors (Lipinski definition) is 1. The zero-order valence-electron chi connectivity index (χ0n) is 13.8. The van der Waals surface area contributed by atoms with Gasteiger partial charge in [-0.05, 0) is 54.4 Å². The van der Waals surface area contributed by atoms with Gasteiger partial charge < -0.3 is 9.73 Å². The summed E-state index contributed by atoms with van der Waals surface area (Å²) in [6.07, 6.45) is 2.14. The van der Waals surface area contributed by atoms with Crippen LogP contribution in [0, 0.1) is 5.82 Å². The molecule has 1 aliphatic rings. The van der Waals surface area contributed by atoms with Gasteiger partial charge in [0.25, 0.3) is 5.22 Å². The summed E-state index contributed by atoms with van der Waals surface area (Å²) >= 11 is 1.21. The maximum atomic E-state index is 13.1. The minimum absolute atomic E-state index is 0.237. The number of thioether (sulfide) groups is 1. The quantitative estimate of drug-likeness (QED) is 0.645. The molecular formula is C19H16FN3O2S. The van der Waals surface area contributed by atoms with E-state index < -0.39 is 5.25 Å². The van der Waals surface area contributed by atoms with Crippen LogP contribution in [0.5, 0.6) is 0 Å². The zero-order chi connectivity index (χ0) is 17.9. The van der Waals surface area contributed by atoms with Crippen LogP contribution in [-0.2, 0) is 4.79 Å². The Morgan fingerprint density at radius 2 is 1.85 bits per heavy atom. The molecule has 1 fully saturated rings. The molecule has 132 valence electrons. The van der Waals surface area contributed by atoms with E-state index in [1.807, 2.05) is 30.3 Å². The lowest BCUT2D eigenvalue weighted by molar-refractivity contribution is -0.115. The van der Waals surface area contributed by atoms with Crippen molar-refractivity contribution in [1.29, 1.82) is 0 Å². The minimum Gasteiger partial charge on any atom is -0.416 e. The van der Waals surface area contributed by atoms with Gasteiger partial charge in [0.15, 0.2) is 0 Å². The Morgan fingerprint density at radius 3 is 2.54 bits per heavy atom. The van der Waals surface area contributed by atoms with Gasteiger partial charge in [0.1, 0.15) is 11.1 Å². The van der Waals surface area contributed by atoms with E-state index in [2.05, 4.69) is 15.5 Å². The minimum atomic E-state index is -0.561. The van der Waals surface area contributed by atoms with E-state index >= 15 is 0 Å². The number of halogens is 1. The molecule has 0 radical (unpaired) electrons. The molecule has 0 aliphatic heterocycles. The number of nitrogens with one attached hydrogen (secondary N) is 1. The van der Waals surface area contributed by atoms with E-state index in [1.165, 1.54) is 36.0 Å². The first-order valence-electron chi connectivity index (χ1n) is 8.30. The molecule has 1 aromatic heterocycles. The summed E-state index contributed by atoms with van der Waals surface area (Å²) in [6.45, 7) is 0. The van der Waals surface area contributed by atoms with E-state index in [1.54, 1.807) is 0 Å². The third kappa shape index (κ3) is 3.94. The number of carbonyl (C=O) groups excluding carboxylic acids is 1. The third-order valence-electron chi connectivity index (χ3n) is 4.02. The molecule has 5 nitrogen and oxygen atoms in total. The van der Waals surface area contributed by atoms with Gasteiger partial charge >= 0.3 is 0 Å². The second-order valence-electron chi connectivity index (χ2n) is 6.09. The predicted octanol–water partition coefficient (Wildman–Crippen LogP) is 4.56. The van der Waals surface area contributed by atoms with Crippen LogP contribution in [0.3, 0.4) is 0 Å². The second-order valence-corrected chi connectivity index (χ2v) is 7.14. The molecule has 26 heavy (non-hydrogen) atoms. The van der Waals surface area contributed by atoms with Crippen molar-refractivity contribution in [3.63, 3.8) is 0 Å². The Morgan fingerprint density at radius 1 is 1.12 bits per heavy atom. The summed E-state index contributed by atoms with van der Waals surface area (Å²) in [5, 5.41) is 10.8. The van der Waals surface area contributed by atoms with Gasteiger partial charge in [0.2, 0.25) is 11.8 Å². The fourth-order valence-corrected chi connectivity index (χ4v) is 3.39. The molecule has 1 heterocycles. The number of carbonyl (C=O) groups is 1. The fourth-order valence-electron chi connectivity index (χ4n) is 2.51. The topological polar surface area (TPSA) is 68.0 Å². The monoisotopic (exact) mass is 369 g/mol. The Balaban J connectivity index is 1.55.